The van der Waals surface area contributed by atoms with Gasteiger partial charge in [0.25, 0.3) is 0 Å². The molecule has 0 aliphatic heterocycles. The van der Waals surface area contributed by atoms with Crippen molar-refractivity contribution in [2.24, 2.45) is 0 Å². The summed E-state index contributed by atoms with van der Waals surface area (Å²) in [6.07, 6.45) is 0. The molecule has 0 aliphatic rings. The lowest BCUT2D eigenvalue weighted by Crippen LogP contribution is -2.29. The van der Waals surface area contributed by atoms with E-state index in [1.165, 1.54) is 30.0 Å². The van der Waals surface area contributed by atoms with E-state index in [1.807, 2.05) is 24.3 Å². The van der Waals surface area contributed by atoms with Crippen LogP contribution in [-0.2, 0) is 12.3 Å². The standard InChI is InChI=1S/C24H19Cl3FN5O2S/c1-35-17-4-2-3-14(9-17)13-36-24-32-31-22(33(24)21-10-15(25)5-7-18(21)26)12-29-23(34)30-16-6-8-20(28)19(27)11-16/h2-11H,12-13H2,1H3,(H2,29,30,34). The van der Waals surface area contributed by atoms with E-state index in [-0.39, 0.29) is 11.6 Å². The SMILES string of the molecule is COc1cccc(CSc2nnc(CNC(=O)Nc3ccc(F)c(Cl)c3)n2-c2cc(Cl)ccc2Cl)c1. The molecule has 2 amide bonds. The van der Waals surface area contributed by atoms with Crippen molar-refractivity contribution in [2.75, 3.05) is 12.4 Å². The number of urea groups is 1. The lowest BCUT2D eigenvalue weighted by atomic mass is 10.2. The van der Waals surface area contributed by atoms with Crippen molar-refractivity contribution < 1.29 is 13.9 Å². The quantitative estimate of drug-likeness (QED) is 0.225. The molecular formula is C24H19Cl3FN5O2S. The Bertz CT molecular complexity index is 1400. The molecule has 0 saturated carbocycles. The number of nitrogens with zero attached hydrogens (tertiary/aromatic N) is 3. The normalized spacial score (nSPS) is 10.8. The molecule has 0 bridgehead atoms. The Morgan fingerprint density at radius 1 is 1.06 bits per heavy atom. The number of carbonyl (C=O) groups excluding carboxylic acids is 1. The molecule has 0 radical (unpaired) electrons. The Morgan fingerprint density at radius 3 is 2.67 bits per heavy atom. The number of aromatic nitrogens is 3. The fourth-order valence-electron chi connectivity index (χ4n) is 3.23. The van der Waals surface area contributed by atoms with Gasteiger partial charge < -0.3 is 15.4 Å². The monoisotopic (exact) mass is 565 g/mol. The highest BCUT2D eigenvalue weighted by atomic mass is 35.5. The second-order valence-corrected chi connectivity index (χ2v) is 9.60. The summed E-state index contributed by atoms with van der Waals surface area (Å²) in [5, 5.41) is 15.3. The second-order valence-electron chi connectivity index (χ2n) is 7.41. The molecule has 0 fully saturated rings. The maximum absolute atomic E-state index is 13.4. The van der Waals surface area contributed by atoms with Crippen molar-refractivity contribution in [3.05, 3.63) is 92.9 Å². The first-order valence-electron chi connectivity index (χ1n) is 10.5. The zero-order valence-electron chi connectivity index (χ0n) is 18.8. The molecule has 186 valence electrons. The summed E-state index contributed by atoms with van der Waals surface area (Å²) in [6, 6.07) is 16.1. The van der Waals surface area contributed by atoms with Crippen LogP contribution in [0.4, 0.5) is 14.9 Å². The Hall–Kier alpha value is -2.98. The van der Waals surface area contributed by atoms with E-state index in [4.69, 9.17) is 39.5 Å². The van der Waals surface area contributed by atoms with E-state index in [0.29, 0.717) is 38.2 Å². The summed E-state index contributed by atoms with van der Waals surface area (Å²) in [6.45, 7) is 0.0241. The number of rotatable bonds is 8. The zero-order valence-corrected chi connectivity index (χ0v) is 21.9. The first-order valence-corrected chi connectivity index (χ1v) is 12.6. The highest BCUT2D eigenvalue weighted by molar-refractivity contribution is 7.98. The third kappa shape index (κ3) is 6.41. The van der Waals surface area contributed by atoms with Crippen LogP contribution < -0.4 is 15.4 Å². The number of benzene rings is 3. The van der Waals surface area contributed by atoms with Crippen LogP contribution in [0.5, 0.6) is 5.75 Å². The molecule has 0 unspecified atom stereocenters. The van der Waals surface area contributed by atoms with Crippen molar-refractivity contribution in [1.82, 2.24) is 20.1 Å². The minimum atomic E-state index is -0.576. The number of methoxy groups -OCH3 is 1. The first-order chi connectivity index (χ1) is 17.3. The summed E-state index contributed by atoms with van der Waals surface area (Å²) >= 11 is 19.9. The number of hydrogen-bond acceptors (Lipinski definition) is 5. The number of nitrogens with one attached hydrogen (secondary N) is 2. The van der Waals surface area contributed by atoms with E-state index >= 15 is 0 Å². The van der Waals surface area contributed by atoms with E-state index in [9.17, 15) is 9.18 Å². The lowest BCUT2D eigenvalue weighted by molar-refractivity contribution is 0.251. The Kier molecular flexibility index (Phi) is 8.58. The van der Waals surface area contributed by atoms with Crippen LogP contribution in [0, 0.1) is 5.82 Å². The molecular weight excluding hydrogens is 548 g/mol. The summed E-state index contributed by atoms with van der Waals surface area (Å²) in [4.78, 5) is 12.4. The van der Waals surface area contributed by atoms with Gasteiger partial charge in [-0.2, -0.15) is 0 Å². The van der Waals surface area contributed by atoms with Gasteiger partial charge in [-0.15, -0.1) is 10.2 Å². The molecule has 7 nitrogen and oxygen atoms in total. The second kappa shape index (κ2) is 11.8. The van der Waals surface area contributed by atoms with Gasteiger partial charge in [0.2, 0.25) is 0 Å². The summed E-state index contributed by atoms with van der Waals surface area (Å²) in [5.41, 5.74) is 1.95. The van der Waals surface area contributed by atoms with Crippen molar-refractivity contribution in [3.63, 3.8) is 0 Å². The van der Waals surface area contributed by atoms with Gasteiger partial charge >= 0.3 is 6.03 Å². The molecule has 0 spiro atoms. The van der Waals surface area contributed by atoms with E-state index in [1.54, 1.807) is 29.9 Å². The molecule has 2 N–H and O–H groups in total. The van der Waals surface area contributed by atoms with Gasteiger partial charge in [-0.3, -0.25) is 4.57 Å². The maximum atomic E-state index is 13.4. The third-order valence-electron chi connectivity index (χ3n) is 4.94. The number of halogens is 4. The van der Waals surface area contributed by atoms with Crippen molar-refractivity contribution in [1.29, 1.82) is 0 Å². The fourth-order valence-corrected chi connectivity index (χ4v) is 4.68. The van der Waals surface area contributed by atoms with Gasteiger partial charge in [-0.05, 0) is 54.1 Å². The molecule has 3 aromatic carbocycles. The zero-order chi connectivity index (χ0) is 25.7. The average Bonchev–Trinajstić information content (AvgIpc) is 3.28. The number of amides is 2. The predicted octanol–water partition coefficient (Wildman–Crippen LogP) is 6.99. The molecule has 0 atom stereocenters. The van der Waals surface area contributed by atoms with Gasteiger partial charge in [0.05, 0.1) is 29.4 Å². The van der Waals surface area contributed by atoms with Crippen LogP contribution in [0.2, 0.25) is 15.1 Å². The first kappa shape index (κ1) is 26.1. The van der Waals surface area contributed by atoms with Gasteiger partial charge in [0.1, 0.15) is 11.6 Å². The van der Waals surface area contributed by atoms with Crippen molar-refractivity contribution in [2.45, 2.75) is 17.5 Å². The number of ether oxygens (including phenoxy) is 1. The van der Waals surface area contributed by atoms with Gasteiger partial charge in [0, 0.05) is 16.5 Å². The number of anilines is 1. The van der Waals surface area contributed by atoms with Crippen LogP contribution in [0.15, 0.2) is 65.8 Å². The van der Waals surface area contributed by atoms with Gasteiger partial charge in [0.15, 0.2) is 11.0 Å². The van der Waals surface area contributed by atoms with Gasteiger partial charge in [-0.25, -0.2) is 9.18 Å². The molecule has 4 aromatic rings. The van der Waals surface area contributed by atoms with Crippen molar-refractivity contribution in [3.8, 4) is 11.4 Å². The van der Waals surface area contributed by atoms with Crippen LogP contribution >= 0.6 is 46.6 Å². The highest BCUT2D eigenvalue weighted by Gasteiger charge is 2.18. The topological polar surface area (TPSA) is 81.1 Å². The molecule has 0 aliphatic carbocycles. The van der Waals surface area contributed by atoms with E-state index in [2.05, 4.69) is 20.8 Å². The molecule has 4 rings (SSSR count). The number of hydrogen-bond donors (Lipinski definition) is 2. The highest BCUT2D eigenvalue weighted by Crippen LogP contribution is 2.31. The van der Waals surface area contributed by atoms with Crippen molar-refractivity contribution >= 4 is 58.3 Å². The summed E-state index contributed by atoms with van der Waals surface area (Å²) < 4.78 is 20.4. The van der Waals surface area contributed by atoms with Crippen LogP contribution in [0.3, 0.4) is 0 Å². The minimum Gasteiger partial charge on any atom is -0.497 e. The largest absolute Gasteiger partial charge is 0.497 e. The third-order valence-corrected chi connectivity index (χ3v) is 6.78. The Labute approximate surface area is 225 Å². The smallest absolute Gasteiger partial charge is 0.319 e. The van der Waals surface area contributed by atoms with Crippen LogP contribution in [-0.4, -0.2) is 27.9 Å². The van der Waals surface area contributed by atoms with Crippen LogP contribution in [0.1, 0.15) is 11.4 Å². The Morgan fingerprint density at radius 2 is 1.89 bits per heavy atom. The molecule has 1 aromatic heterocycles. The van der Waals surface area contributed by atoms with Gasteiger partial charge in [-0.1, -0.05) is 58.7 Å². The van der Waals surface area contributed by atoms with Crippen LogP contribution in [0.25, 0.3) is 5.69 Å². The van der Waals surface area contributed by atoms with E-state index in [0.717, 1.165) is 11.3 Å². The summed E-state index contributed by atoms with van der Waals surface area (Å²) in [7, 11) is 1.62. The molecule has 36 heavy (non-hydrogen) atoms. The number of thioether (sulfide) groups is 1. The minimum absolute atomic E-state index is 0.0241. The fraction of sp³-hybridized carbons (Fsp3) is 0.125. The molecule has 12 heteroatoms. The predicted molar refractivity (Wildman–Crippen MR) is 141 cm³/mol. The maximum Gasteiger partial charge on any atom is 0.319 e. The van der Waals surface area contributed by atoms with E-state index < -0.39 is 11.8 Å². The lowest BCUT2D eigenvalue weighted by Gasteiger charge is -2.13. The molecule has 1 heterocycles. The number of carbonyl (C=O) groups is 1. The molecule has 0 saturated heterocycles. The Balaban J connectivity index is 1.55. The summed E-state index contributed by atoms with van der Waals surface area (Å²) in [5.74, 6) is 1.20. The average molecular weight is 567 g/mol.